The van der Waals surface area contributed by atoms with Gasteiger partial charge in [-0.1, -0.05) is 204 Å². The van der Waals surface area contributed by atoms with Crippen LogP contribution in [0.3, 0.4) is 0 Å². The van der Waals surface area contributed by atoms with Crippen molar-refractivity contribution in [1.82, 2.24) is 5.32 Å². The lowest BCUT2D eigenvalue weighted by Gasteiger charge is -2.23. The van der Waals surface area contributed by atoms with E-state index in [1.54, 1.807) is 6.08 Å². The van der Waals surface area contributed by atoms with Crippen molar-refractivity contribution in [1.29, 1.82) is 0 Å². The fourth-order valence-corrected chi connectivity index (χ4v) is 7.45. The summed E-state index contributed by atoms with van der Waals surface area (Å²) in [5.74, 6) is -0.206. The lowest BCUT2D eigenvalue weighted by molar-refractivity contribution is -0.123. The average molecular weight is 797 g/mol. The maximum Gasteiger partial charge on any atom is 0.472 e. The zero-order chi connectivity index (χ0) is 40.3. The van der Waals surface area contributed by atoms with Gasteiger partial charge in [0.05, 0.1) is 25.4 Å². The third-order valence-corrected chi connectivity index (χ3v) is 11.2. The van der Waals surface area contributed by atoms with Crippen LogP contribution >= 0.6 is 7.82 Å². The number of hydrogen-bond acceptors (Lipinski definition) is 6. The number of carbonyl (C=O) groups is 1. The van der Waals surface area contributed by atoms with Crippen LogP contribution in [0, 0.1) is 0 Å². The highest BCUT2D eigenvalue weighted by Gasteiger charge is 2.26. The van der Waals surface area contributed by atoms with Crippen LogP contribution in [-0.4, -0.2) is 47.8 Å². The van der Waals surface area contributed by atoms with Crippen LogP contribution in [0.4, 0.5) is 0 Å². The number of allylic oxidation sites excluding steroid dienone is 5. The average Bonchev–Trinajstić information content (AvgIpc) is 3.17. The van der Waals surface area contributed by atoms with Gasteiger partial charge in [-0.05, 0) is 44.9 Å². The second-order valence-corrected chi connectivity index (χ2v) is 17.1. The number of nitrogens with one attached hydrogen (secondary N) is 1. The summed E-state index contributed by atoms with van der Waals surface area (Å²) in [5, 5.41) is 13.6. The van der Waals surface area contributed by atoms with E-state index in [1.165, 1.54) is 148 Å². The zero-order valence-corrected chi connectivity index (χ0v) is 36.8. The molecule has 0 saturated carbocycles. The molecule has 0 bridgehead atoms. The van der Waals surface area contributed by atoms with E-state index in [9.17, 15) is 19.4 Å². The van der Waals surface area contributed by atoms with Crippen LogP contribution in [0.1, 0.15) is 219 Å². The first-order chi connectivity index (χ1) is 26.9. The van der Waals surface area contributed by atoms with Crippen molar-refractivity contribution in [2.45, 2.75) is 231 Å². The summed E-state index contributed by atoms with van der Waals surface area (Å²) in [4.78, 5) is 22.7. The molecule has 0 saturated heterocycles. The molecule has 0 aliphatic rings. The van der Waals surface area contributed by atoms with Crippen molar-refractivity contribution in [3.05, 3.63) is 36.5 Å². The molecular weight excluding hydrogens is 707 g/mol. The lowest BCUT2D eigenvalue weighted by Crippen LogP contribution is -2.45. The minimum Gasteiger partial charge on any atom is -0.387 e. The van der Waals surface area contributed by atoms with Gasteiger partial charge in [-0.3, -0.25) is 13.8 Å². The van der Waals surface area contributed by atoms with Crippen molar-refractivity contribution < 1.29 is 28.4 Å². The Bertz CT molecular complexity index is 959. The van der Waals surface area contributed by atoms with Gasteiger partial charge in [0.25, 0.3) is 0 Å². The predicted molar refractivity (Wildman–Crippen MR) is 235 cm³/mol. The summed E-state index contributed by atoms with van der Waals surface area (Å²) in [6.07, 6.45) is 50.7. The molecule has 0 aromatic rings. The van der Waals surface area contributed by atoms with Gasteiger partial charge in [-0.2, -0.15) is 0 Å². The van der Waals surface area contributed by atoms with E-state index in [1.807, 2.05) is 6.08 Å². The van der Waals surface area contributed by atoms with Gasteiger partial charge in [0.2, 0.25) is 5.91 Å². The SMILES string of the molecule is CCCCC/C=C/CC/C=C/CC/C=C/C(O)C(COP(=O)(O)OCCN)NC(=O)CCCCCCCCCCCCCCCCCCCCCCCCC. The Labute approximate surface area is 340 Å². The maximum absolute atomic E-state index is 12.8. The molecule has 0 aromatic carbocycles. The minimum absolute atomic E-state index is 0.0726. The molecule has 55 heavy (non-hydrogen) atoms. The Morgan fingerprint density at radius 2 is 0.964 bits per heavy atom. The standard InChI is InChI=1S/C46H89N2O6P/c1-3-5-7-9-11-13-15-17-18-19-20-21-22-23-24-25-26-28-30-32-34-36-38-40-46(50)48-44(43-54-55(51,52)53-42-41-47)45(49)39-37-35-33-31-29-27-16-14-12-10-8-6-4-2/h12,14,29,31,37,39,44-45,49H,3-11,13,15-28,30,32-36,38,40-43,47H2,1-2H3,(H,48,50)(H,51,52)/b14-12+,31-29+,39-37+. The lowest BCUT2D eigenvalue weighted by atomic mass is 10.0. The number of rotatable bonds is 43. The van der Waals surface area contributed by atoms with Crippen molar-refractivity contribution in [2.75, 3.05) is 19.8 Å². The molecular formula is C46H89N2O6P. The molecule has 0 radical (unpaired) electrons. The molecule has 3 atom stereocenters. The number of aliphatic hydroxyl groups excluding tert-OH is 1. The molecule has 5 N–H and O–H groups in total. The number of hydrogen-bond donors (Lipinski definition) is 4. The van der Waals surface area contributed by atoms with E-state index < -0.39 is 20.0 Å². The number of amides is 1. The Balaban J connectivity index is 4.09. The summed E-state index contributed by atoms with van der Waals surface area (Å²) >= 11 is 0. The molecule has 3 unspecified atom stereocenters. The first-order valence-corrected chi connectivity index (χ1v) is 24.6. The van der Waals surface area contributed by atoms with Crippen LogP contribution in [0.25, 0.3) is 0 Å². The monoisotopic (exact) mass is 797 g/mol. The van der Waals surface area contributed by atoms with Crippen molar-refractivity contribution in [3.8, 4) is 0 Å². The maximum atomic E-state index is 12.8. The Morgan fingerprint density at radius 3 is 1.40 bits per heavy atom. The van der Waals surface area contributed by atoms with Crippen molar-refractivity contribution in [3.63, 3.8) is 0 Å². The number of nitrogens with two attached hydrogens (primary N) is 1. The van der Waals surface area contributed by atoms with E-state index in [-0.39, 0.29) is 25.7 Å². The number of carbonyl (C=O) groups excluding carboxylic acids is 1. The summed E-state index contributed by atoms with van der Waals surface area (Å²) in [6.45, 7) is 4.09. The summed E-state index contributed by atoms with van der Waals surface area (Å²) < 4.78 is 22.1. The van der Waals surface area contributed by atoms with Gasteiger partial charge in [-0.15, -0.1) is 0 Å². The van der Waals surface area contributed by atoms with Crippen LogP contribution in [0.15, 0.2) is 36.5 Å². The first kappa shape index (κ1) is 53.7. The Kier molecular flexibility index (Phi) is 41.3. The number of phosphoric ester groups is 1. The normalized spacial score (nSPS) is 14.3. The van der Waals surface area contributed by atoms with Crippen LogP contribution in [0.5, 0.6) is 0 Å². The Hall–Kier alpha value is -1.28. The number of aliphatic hydroxyl groups is 1. The molecule has 0 fully saturated rings. The third-order valence-electron chi connectivity index (χ3n) is 10.2. The molecule has 324 valence electrons. The quantitative estimate of drug-likeness (QED) is 0.0274. The van der Waals surface area contributed by atoms with E-state index in [4.69, 9.17) is 14.8 Å². The molecule has 0 spiro atoms. The first-order valence-electron chi connectivity index (χ1n) is 23.1. The number of unbranched alkanes of at least 4 members (excludes halogenated alkanes) is 27. The summed E-state index contributed by atoms with van der Waals surface area (Å²) in [6, 6.07) is -0.880. The highest BCUT2D eigenvalue weighted by Crippen LogP contribution is 2.43. The second-order valence-electron chi connectivity index (χ2n) is 15.6. The van der Waals surface area contributed by atoms with Gasteiger partial charge in [-0.25, -0.2) is 4.57 Å². The van der Waals surface area contributed by atoms with Crippen LogP contribution < -0.4 is 11.1 Å². The molecule has 9 heteroatoms. The van der Waals surface area contributed by atoms with Gasteiger partial charge in [0.15, 0.2) is 0 Å². The fraction of sp³-hybridized carbons (Fsp3) is 0.848. The molecule has 0 heterocycles. The van der Waals surface area contributed by atoms with Gasteiger partial charge in [0, 0.05) is 13.0 Å². The van der Waals surface area contributed by atoms with E-state index in [2.05, 4.69) is 43.5 Å². The minimum atomic E-state index is -4.35. The van der Waals surface area contributed by atoms with Gasteiger partial charge in [0.1, 0.15) is 0 Å². The van der Waals surface area contributed by atoms with Crippen molar-refractivity contribution in [2.24, 2.45) is 5.73 Å². The largest absolute Gasteiger partial charge is 0.472 e. The van der Waals surface area contributed by atoms with Gasteiger partial charge >= 0.3 is 7.82 Å². The highest BCUT2D eigenvalue weighted by molar-refractivity contribution is 7.47. The topological polar surface area (TPSA) is 131 Å². The molecule has 0 aliphatic carbocycles. The predicted octanol–water partition coefficient (Wildman–Crippen LogP) is 13.1. The fourth-order valence-electron chi connectivity index (χ4n) is 6.69. The van der Waals surface area contributed by atoms with E-state index in [0.29, 0.717) is 6.42 Å². The highest BCUT2D eigenvalue weighted by atomic mass is 31.2. The van der Waals surface area contributed by atoms with Crippen LogP contribution in [0.2, 0.25) is 0 Å². The molecule has 0 aliphatic heterocycles. The molecule has 0 aromatic heterocycles. The molecule has 1 amide bonds. The van der Waals surface area contributed by atoms with Gasteiger partial charge < -0.3 is 21.1 Å². The van der Waals surface area contributed by atoms with Crippen LogP contribution in [-0.2, 0) is 18.4 Å². The molecule has 0 rings (SSSR count). The van der Waals surface area contributed by atoms with E-state index >= 15 is 0 Å². The second kappa shape index (κ2) is 42.3. The third kappa shape index (κ3) is 40.7. The number of phosphoric acid groups is 1. The van der Waals surface area contributed by atoms with E-state index in [0.717, 1.165) is 51.4 Å². The van der Waals surface area contributed by atoms with Crippen molar-refractivity contribution >= 4 is 13.7 Å². The Morgan fingerprint density at radius 1 is 0.582 bits per heavy atom. The molecule has 8 nitrogen and oxygen atoms in total. The smallest absolute Gasteiger partial charge is 0.387 e. The summed E-state index contributed by atoms with van der Waals surface area (Å²) in [5.41, 5.74) is 5.37. The summed E-state index contributed by atoms with van der Waals surface area (Å²) in [7, 11) is -4.35. The zero-order valence-electron chi connectivity index (χ0n) is 35.9.